The van der Waals surface area contributed by atoms with E-state index in [1.54, 1.807) is 0 Å². The molecule has 1 saturated heterocycles. The van der Waals surface area contributed by atoms with Crippen molar-refractivity contribution in [3.63, 3.8) is 0 Å². The zero-order valence-electron chi connectivity index (χ0n) is 32.6. The third-order valence-corrected chi connectivity index (χ3v) is 8.16. The third-order valence-electron chi connectivity index (χ3n) is 8.16. The molecule has 1 heterocycles. The summed E-state index contributed by atoms with van der Waals surface area (Å²) in [6.45, 7) is 5.65. The number of rotatable bonds is 29. The van der Waals surface area contributed by atoms with E-state index in [2.05, 4.69) is 165 Å². The van der Waals surface area contributed by atoms with E-state index >= 15 is 0 Å². The Labute approximate surface area is 318 Å². The van der Waals surface area contributed by atoms with E-state index in [0.29, 0.717) is 19.4 Å². The zero-order valence-corrected chi connectivity index (χ0v) is 32.6. The molecule has 1 aliphatic heterocycles. The molecule has 4 heteroatoms. The van der Waals surface area contributed by atoms with Crippen LogP contribution >= 0.6 is 0 Å². The number of carbonyl (C=O) groups is 2. The minimum atomic E-state index is 0.0626. The Kier molecular flexibility index (Phi) is 32.3. The molecule has 284 valence electrons. The Bertz CT molecular complexity index is 1260. The molecule has 0 saturated carbocycles. The molecule has 4 nitrogen and oxygen atoms in total. The number of allylic oxidation sites excluding steroid dienone is 24. The van der Waals surface area contributed by atoms with Crippen molar-refractivity contribution in [2.45, 2.75) is 129 Å². The molecule has 1 aliphatic rings. The van der Waals surface area contributed by atoms with Crippen molar-refractivity contribution in [2.75, 3.05) is 13.1 Å². The molecule has 2 amide bonds. The predicted molar refractivity (Wildman–Crippen MR) is 228 cm³/mol. The highest BCUT2D eigenvalue weighted by Gasteiger charge is 2.26. The van der Waals surface area contributed by atoms with E-state index in [-0.39, 0.29) is 17.9 Å². The van der Waals surface area contributed by atoms with Gasteiger partial charge in [0.2, 0.25) is 11.8 Å². The van der Waals surface area contributed by atoms with Crippen molar-refractivity contribution >= 4 is 11.8 Å². The van der Waals surface area contributed by atoms with Gasteiger partial charge in [-0.1, -0.05) is 160 Å². The fourth-order valence-electron chi connectivity index (χ4n) is 5.26. The van der Waals surface area contributed by atoms with Gasteiger partial charge < -0.3 is 10.2 Å². The number of amides is 2. The lowest BCUT2D eigenvalue weighted by Crippen LogP contribution is -2.38. The fraction of sp³-hybridized carbons (Fsp3) is 0.458. The number of nitrogens with zero attached hydrogens (tertiary/aromatic N) is 1. The molecular formula is C48H70N2O2. The molecule has 1 rings (SSSR count). The van der Waals surface area contributed by atoms with Gasteiger partial charge in [-0.3, -0.25) is 9.59 Å². The summed E-state index contributed by atoms with van der Waals surface area (Å²) in [5.74, 6) is 0.242. The van der Waals surface area contributed by atoms with Crippen LogP contribution in [0, 0.1) is 0 Å². The molecule has 0 spiro atoms. The normalized spacial score (nSPS) is 16.3. The minimum absolute atomic E-state index is 0.0626. The number of likely N-dealkylation sites (tertiary alicyclic amines) is 1. The van der Waals surface area contributed by atoms with Crippen LogP contribution in [0.25, 0.3) is 0 Å². The molecular weight excluding hydrogens is 637 g/mol. The SMILES string of the molecule is CC/C=C\C/C=C\C/C=C\C/C=C\C/C=C\C/C=C\CCC(=O)N[C@H]1CCN(C(=O)CC/C=C\C/C=C\C/C=C\C/C=C\C/C=C\C/C=C\CC)C1. The van der Waals surface area contributed by atoms with Crippen LogP contribution in [0.1, 0.15) is 123 Å². The molecule has 52 heavy (non-hydrogen) atoms. The summed E-state index contributed by atoms with van der Waals surface area (Å²) in [5, 5.41) is 3.12. The molecule has 1 atom stereocenters. The Morgan fingerprint density at radius 2 is 0.769 bits per heavy atom. The maximum Gasteiger partial charge on any atom is 0.222 e. The van der Waals surface area contributed by atoms with Crippen molar-refractivity contribution in [1.29, 1.82) is 0 Å². The van der Waals surface area contributed by atoms with E-state index in [1.807, 2.05) is 4.90 Å². The molecule has 0 unspecified atom stereocenters. The molecule has 0 bridgehead atoms. The van der Waals surface area contributed by atoms with Crippen LogP contribution in [0.5, 0.6) is 0 Å². The van der Waals surface area contributed by atoms with Gasteiger partial charge in [0, 0.05) is 32.0 Å². The molecule has 0 aliphatic carbocycles. The van der Waals surface area contributed by atoms with E-state index in [9.17, 15) is 9.59 Å². The smallest absolute Gasteiger partial charge is 0.222 e. The van der Waals surface area contributed by atoms with Crippen LogP contribution in [-0.4, -0.2) is 35.8 Å². The Hall–Kier alpha value is -4.18. The van der Waals surface area contributed by atoms with Gasteiger partial charge in [-0.2, -0.15) is 0 Å². The van der Waals surface area contributed by atoms with Crippen LogP contribution in [-0.2, 0) is 9.59 Å². The molecule has 0 radical (unpaired) electrons. The van der Waals surface area contributed by atoms with Gasteiger partial charge in [0.05, 0.1) is 0 Å². The van der Waals surface area contributed by atoms with Crippen LogP contribution < -0.4 is 5.32 Å². The molecule has 1 fully saturated rings. The van der Waals surface area contributed by atoms with Gasteiger partial charge in [0.25, 0.3) is 0 Å². The van der Waals surface area contributed by atoms with Gasteiger partial charge in [-0.25, -0.2) is 0 Å². The van der Waals surface area contributed by atoms with Gasteiger partial charge >= 0.3 is 0 Å². The standard InChI is InChI=1S/C48H70N2O2/c1-3-5-7-9-11-13-15-17-19-21-23-25-27-29-31-33-35-37-39-41-47(51)49-46-43-44-50(45-46)48(52)42-40-38-36-34-32-30-28-26-24-22-20-18-16-14-12-10-8-6-4-2/h5-8,11-14,17-20,23-26,29-32,35-38,46H,3-4,9-10,15-16,21-22,27-28,33-34,39-45H2,1-2H3,(H,49,51)/b7-5-,8-6-,13-11-,14-12-,19-17-,20-18-,25-23-,26-24-,31-29-,32-30-,37-35-,38-36-/t46-/m0/s1. The second-order valence-electron chi connectivity index (χ2n) is 12.8. The first kappa shape index (κ1) is 45.8. The largest absolute Gasteiger partial charge is 0.352 e. The molecule has 0 aromatic carbocycles. The summed E-state index contributed by atoms with van der Waals surface area (Å²) in [7, 11) is 0. The summed E-state index contributed by atoms with van der Waals surface area (Å²) in [6, 6.07) is 0.0626. The van der Waals surface area contributed by atoms with Gasteiger partial charge in [-0.15, -0.1) is 0 Å². The Balaban J connectivity index is 2.04. The van der Waals surface area contributed by atoms with E-state index < -0.39 is 0 Å². The average molecular weight is 707 g/mol. The topological polar surface area (TPSA) is 49.4 Å². The maximum atomic E-state index is 12.6. The number of hydrogen-bond donors (Lipinski definition) is 1. The number of nitrogens with one attached hydrogen (secondary N) is 1. The summed E-state index contributed by atoms with van der Waals surface area (Å²) >= 11 is 0. The molecule has 1 N–H and O–H groups in total. The molecule has 0 aromatic rings. The van der Waals surface area contributed by atoms with Crippen LogP contribution in [0.3, 0.4) is 0 Å². The molecule has 0 aromatic heterocycles. The Morgan fingerprint density at radius 1 is 0.462 bits per heavy atom. The van der Waals surface area contributed by atoms with Gasteiger partial charge in [0.15, 0.2) is 0 Å². The van der Waals surface area contributed by atoms with Crippen LogP contribution in [0.4, 0.5) is 0 Å². The first-order valence-electron chi connectivity index (χ1n) is 20.0. The van der Waals surface area contributed by atoms with Crippen LogP contribution in [0.2, 0.25) is 0 Å². The van der Waals surface area contributed by atoms with Crippen molar-refractivity contribution in [3.8, 4) is 0 Å². The average Bonchev–Trinajstić information content (AvgIpc) is 3.62. The minimum Gasteiger partial charge on any atom is -0.352 e. The summed E-state index contributed by atoms with van der Waals surface area (Å²) in [4.78, 5) is 27.0. The fourth-order valence-corrected chi connectivity index (χ4v) is 5.26. The highest BCUT2D eigenvalue weighted by molar-refractivity contribution is 5.78. The highest BCUT2D eigenvalue weighted by Crippen LogP contribution is 2.12. The second kappa shape index (κ2) is 36.6. The summed E-state index contributed by atoms with van der Waals surface area (Å²) in [6.07, 6.45) is 67.6. The lowest BCUT2D eigenvalue weighted by molar-refractivity contribution is -0.130. The van der Waals surface area contributed by atoms with Crippen molar-refractivity contribution in [2.24, 2.45) is 0 Å². The lowest BCUT2D eigenvalue weighted by atomic mass is 10.2. The summed E-state index contributed by atoms with van der Waals surface area (Å²) < 4.78 is 0. The van der Waals surface area contributed by atoms with Crippen molar-refractivity contribution < 1.29 is 9.59 Å². The first-order chi connectivity index (χ1) is 25.7. The highest BCUT2D eigenvalue weighted by atomic mass is 16.2. The van der Waals surface area contributed by atoms with Gasteiger partial charge in [0.1, 0.15) is 0 Å². The predicted octanol–water partition coefficient (Wildman–Crippen LogP) is 12.7. The van der Waals surface area contributed by atoms with E-state index in [1.165, 1.54) is 0 Å². The Morgan fingerprint density at radius 3 is 1.12 bits per heavy atom. The van der Waals surface area contributed by atoms with E-state index in [0.717, 1.165) is 103 Å². The monoisotopic (exact) mass is 707 g/mol. The second-order valence-corrected chi connectivity index (χ2v) is 12.8. The van der Waals surface area contributed by atoms with Gasteiger partial charge in [-0.05, 0) is 96.3 Å². The first-order valence-corrected chi connectivity index (χ1v) is 20.0. The summed E-state index contributed by atoms with van der Waals surface area (Å²) in [5.41, 5.74) is 0. The van der Waals surface area contributed by atoms with E-state index in [4.69, 9.17) is 0 Å². The zero-order chi connectivity index (χ0) is 37.4. The van der Waals surface area contributed by atoms with Crippen molar-refractivity contribution in [1.82, 2.24) is 10.2 Å². The number of carbonyl (C=O) groups excluding carboxylic acids is 2. The quantitative estimate of drug-likeness (QED) is 0.0787. The number of hydrogen-bond acceptors (Lipinski definition) is 2. The van der Waals surface area contributed by atoms with Crippen LogP contribution in [0.15, 0.2) is 146 Å². The maximum absolute atomic E-state index is 12.6. The van der Waals surface area contributed by atoms with Crippen molar-refractivity contribution in [3.05, 3.63) is 146 Å². The lowest BCUT2D eigenvalue weighted by Gasteiger charge is -2.16. The third kappa shape index (κ3) is 30.6.